The highest BCUT2D eigenvalue weighted by atomic mass is 35.5. The first-order chi connectivity index (χ1) is 19.0. The Hall–Kier alpha value is -2.62. The van der Waals surface area contributed by atoms with Crippen molar-refractivity contribution in [2.75, 3.05) is 25.0 Å². The first-order valence-electron chi connectivity index (χ1n) is 13.4. The number of anilines is 1. The van der Waals surface area contributed by atoms with E-state index in [-0.39, 0.29) is 26.8 Å². The fraction of sp³-hybridized carbons (Fsp3) is 0.367. The molecule has 3 aromatic carbocycles. The topological polar surface area (TPSA) is 98.7 Å². The molecule has 10 heteroatoms. The Morgan fingerprint density at radius 2 is 1.73 bits per heavy atom. The van der Waals surface area contributed by atoms with Gasteiger partial charge in [0.15, 0.2) is 5.75 Å². The van der Waals surface area contributed by atoms with E-state index >= 15 is 0 Å². The third kappa shape index (κ3) is 7.77. The van der Waals surface area contributed by atoms with E-state index in [4.69, 9.17) is 23.2 Å². The number of likely N-dealkylation sites (tertiary alicyclic amines) is 1. The van der Waals surface area contributed by atoms with E-state index in [1.54, 1.807) is 0 Å². The lowest BCUT2D eigenvalue weighted by atomic mass is 9.89. The van der Waals surface area contributed by atoms with Gasteiger partial charge in [-0.05, 0) is 80.2 Å². The molecule has 1 saturated heterocycles. The van der Waals surface area contributed by atoms with Crippen LogP contribution < -0.4 is 10.0 Å². The molecule has 0 aromatic heterocycles. The molecule has 0 saturated carbocycles. The lowest BCUT2D eigenvalue weighted by Gasteiger charge is -2.33. The van der Waals surface area contributed by atoms with Crippen LogP contribution in [-0.2, 0) is 14.8 Å². The van der Waals surface area contributed by atoms with E-state index in [2.05, 4.69) is 27.1 Å². The molecule has 214 valence electrons. The molecular formula is C30H35Cl2N3O4S. The number of nitrogens with one attached hydrogen (secondary N) is 2. The molecule has 1 aliphatic heterocycles. The van der Waals surface area contributed by atoms with E-state index in [1.807, 2.05) is 56.3 Å². The van der Waals surface area contributed by atoms with Crippen LogP contribution in [-0.4, -0.2) is 44.0 Å². The standard InChI is InChI=1S/C30H35Cl2N3O4S/c1-20(2)30(37)33-25-10-6-9-23(17-25)21-11-14-35(15-12-21)16-13-27(22-7-4-3-5-8-22)34-40(38,39)28-19-24(31)18-26(32)29(28)36/h3-10,17-21,27,34,36H,11-16H2,1-2H3,(H,33,37). The van der Waals surface area contributed by atoms with Crippen LogP contribution in [0.5, 0.6) is 5.75 Å². The Bertz CT molecular complexity index is 1430. The van der Waals surface area contributed by atoms with E-state index in [9.17, 15) is 18.3 Å². The summed E-state index contributed by atoms with van der Waals surface area (Å²) in [6.45, 7) is 6.21. The summed E-state index contributed by atoms with van der Waals surface area (Å²) in [5, 5.41) is 13.3. The largest absolute Gasteiger partial charge is 0.505 e. The predicted molar refractivity (Wildman–Crippen MR) is 161 cm³/mol. The van der Waals surface area contributed by atoms with Gasteiger partial charge in [0.2, 0.25) is 15.9 Å². The summed E-state index contributed by atoms with van der Waals surface area (Å²) in [5.74, 6) is -0.208. The predicted octanol–water partition coefficient (Wildman–Crippen LogP) is 6.58. The smallest absolute Gasteiger partial charge is 0.244 e. The molecule has 3 aromatic rings. The summed E-state index contributed by atoms with van der Waals surface area (Å²) < 4.78 is 29.3. The Labute approximate surface area is 246 Å². The number of phenols is 1. The number of benzene rings is 3. The van der Waals surface area contributed by atoms with Crippen molar-refractivity contribution in [3.63, 3.8) is 0 Å². The molecule has 3 N–H and O–H groups in total. The van der Waals surface area contributed by atoms with Gasteiger partial charge in [0, 0.05) is 22.7 Å². The van der Waals surface area contributed by atoms with E-state index in [0.29, 0.717) is 18.9 Å². The number of piperidine rings is 1. The molecule has 1 atom stereocenters. The van der Waals surface area contributed by atoms with Gasteiger partial charge in [-0.1, -0.05) is 79.5 Å². The fourth-order valence-electron chi connectivity index (χ4n) is 4.94. The Morgan fingerprint density at radius 3 is 2.40 bits per heavy atom. The van der Waals surface area contributed by atoms with Crippen LogP contribution >= 0.6 is 23.2 Å². The summed E-state index contributed by atoms with van der Waals surface area (Å²) in [4.78, 5) is 14.1. The number of phenolic OH excluding ortho intramolecular Hbond substituents is 1. The van der Waals surface area contributed by atoms with E-state index < -0.39 is 21.8 Å². The maximum Gasteiger partial charge on any atom is 0.244 e. The number of carbonyl (C=O) groups is 1. The number of aromatic hydroxyl groups is 1. The van der Waals surface area contributed by atoms with Crippen molar-refractivity contribution >= 4 is 44.8 Å². The SMILES string of the molecule is CC(C)C(=O)Nc1cccc(C2CCN(CCC(NS(=O)(=O)c3cc(Cl)cc(Cl)c3O)c3ccccc3)CC2)c1. The fourth-order valence-corrected chi connectivity index (χ4v) is 6.95. The molecule has 1 aliphatic rings. The van der Waals surface area contributed by atoms with Crippen molar-refractivity contribution in [3.8, 4) is 5.75 Å². The average molecular weight is 605 g/mol. The van der Waals surface area contributed by atoms with Crippen molar-refractivity contribution < 1.29 is 18.3 Å². The second-order valence-corrected chi connectivity index (χ2v) is 13.0. The molecule has 0 spiro atoms. The van der Waals surface area contributed by atoms with Crippen LogP contribution in [0.15, 0.2) is 71.6 Å². The van der Waals surface area contributed by atoms with Crippen LogP contribution in [0.4, 0.5) is 5.69 Å². The van der Waals surface area contributed by atoms with Gasteiger partial charge in [-0.3, -0.25) is 4.79 Å². The first-order valence-corrected chi connectivity index (χ1v) is 15.7. The normalized spacial score (nSPS) is 15.7. The molecule has 1 unspecified atom stereocenters. The maximum atomic E-state index is 13.3. The minimum absolute atomic E-state index is 0.00392. The maximum absolute atomic E-state index is 13.3. The monoisotopic (exact) mass is 603 g/mol. The third-order valence-electron chi connectivity index (χ3n) is 7.25. The van der Waals surface area contributed by atoms with Crippen molar-refractivity contribution in [1.29, 1.82) is 0 Å². The molecule has 0 bridgehead atoms. The highest BCUT2D eigenvalue weighted by molar-refractivity contribution is 7.89. The second kappa shape index (κ2) is 13.4. The number of hydrogen-bond acceptors (Lipinski definition) is 5. The zero-order valence-electron chi connectivity index (χ0n) is 22.6. The van der Waals surface area contributed by atoms with Crippen LogP contribution in [0, 0.1) is 5.92 Å². The zero-order chi connectivity index (χ0) is 28.9. The van der Waals surface area contributed by atoms with Crippen LogP contribution in [0.1, 0.15) is 56.2 Å². The van der Waals surface area contributed by atoms with Gasteiger partial charge in [-0.15, -0.1) is 0 Å². The molecule has 4 rings (SSSR count). The highest BCUT2D eigenvalue weighted by Gasteiger charge is 2.27. The molecule has 1 amide bonds. The summed E-state index contributed by atoms with van der Waals surface area (Å²) in [7, 11) is -4.12. The number of amides is 1. The van der Waals surface area contributed by atoms with Crippen molar-refractivity contribution in [2.45, 2.75) is 50.0 Å². The molecule has 0 aliphatic carbocycles. The Balaban J connectivity index is 1.40. The van der Waals surface area contributed by atoms with Gasteiger partial charge >= 0.3 is 0 Å². The Morgan fingerprint density at radius 1 is 1.02 bits per heavy atom. The molecular weight excluding hydrogens is 569 g/mol. The first kappa shape index (κ1) is 30.3. The lowest BCUT2D eigenvalue weighted by molar-refractivity contribution is -0.118. The number of nitrogens with zero attached hydrogens (tertiary/aromatic N) is 1. The van der Waals surface area contributed by atoms with Crippen LogP contribution in [0.3, 0.4) is 0 Å². The van der Waals surface area contributed by atoms with Gasteiger partial charge in [-0.2, -0.15) is 0 Å². The number of halogens is 2. The minimum atomic E-state index is -4.12. The van der Waals surface area contributed by atoms with Gasteiger partial charge < -0.3 is 15.3 Å². The van der Waals surface area contributed by atoms with Crippen LogP contribution in [0.25, 0.3) is 0 Å². The molecule has 1 heterocycles. The second-order valence-electron chi connectivity index (χ2n) is 10.5. The number of sulfonamides is 1. The average Bonchev–Trinajstić information content (AvgIpc) is 2.93. The third-order valence-corrected chi connectivity index (χ3v) is 9.24. The molecule has 1 fully saturated rings. The molecule has 40 heavy (non-hydrogen) atoms. The van der Waals surface area contributed by atoms with Crippen molar-refractivity contribution in [2.24, 2.45) is 5.92 Å². The minimum Gasteiger partial charge on any atom is -0.505 e. The van der Waals surface area contributed by atoms with E-state index in [0.717, 1.165) is 37.2 Å². The number of hydrogen-bond donors (Lipinski definition) is 3. The van der Waals surface area contributed by atoms with E-state index in [1.165, 1.54) is 17.7 Å². The van der Waals surface area contributed by atoms with Gasteiger partial charge in [0.25, 0.3) is 0 Å². The van der Waals surface area contributed by atoms with Gasteiger partial charge in [0.1, 0.15) is 4.90 Å². The lowest BCUT2D eigenvalue weighted by Crippen LogP contribution is -2.36. The summed E-state index contributed by atoms with van der Waals surface area (Å²) in [6.07, 6.45) is 2.48. The van der Waals surface area contributed by atoms with Crippen molar-refractivity contribution in [3.05, 3.63) is 87.9 Å². The molecule has 7 nitrogen and oxygen atoms in total. The van der Waals surface area contributed by atoms with Crippen molar-refractivity contribution in [1.82, 2.24) is 9.62 Å². The zero-order valence-corrected chi connectivity index (χ0v) is 24.9. The summed E-state index contributed by atoms with van der Waals surface area (Å²) in [5.41, 5.74) is 2.87. The summed E-state index contributed by atoms with van der Waals surface area (Å²) >= 11 is 12.0. The highest BCUT2D eigenvalue weighted by Crippen LogP contribution is 2.35. The quantitative estimate of drug-likeness (QED) is 0.243. The molecule has 0 radical (unpaired) electrons. The Kier molecular flexibility index (Phi) is 10.1. The number of carbonyl (C=O) groups excluding carboxylic acids is 1. The van der Waals surface area contributed by atoms with Crippen LogP contribution in [0.2, 0.25) is 10.0 Å². The van der Waals surface area contributed by atoms with Gasteiger partial charge in [-0.25, -0.2) is 13.1 Å². The summed E-state index contributed by atoms with van der Waals surface area (Å²) in [6, 6.07) is 19.5. The van der Waals surface area contributed by atoms with Gasteiger partial charge in [0.05, 0.1) is 5.02 Å². The number of rotatable bonds is 10.